The number of furan rings is 1. The van der Waals surface area contributed by atoms with Gasteiger partial charge >= 0.3 is 5.97 Å². The van der Waals surface area contributed by atoms with E-state index in [0.717, 1.165) is 12.8 Å². The van der Waals surface area contributed by atoms with Crippen LogP contribution in [-0.2, 0) is 9.53 Å². The van der Waals surface area contributed by atoms with Crippen LogP contribution in [0.2, 0.25) is 0 Å². The molecular weight excluding hydrogens is 216 g/mol. The minimum Gasteiger partial charge on any atom is -0.473 e. The van der Waals surface area contributed by atoms with Gasteiger partial charge < -0.3 is 9.15 Å². The number of esters is 1. The lowest BCUT2D eigenvalue weighted by Gasteiger charge is -2.13. The fraction of sp³-hybridized carbons (Fsp3) is 0.500. The summed E-state index contributed by atoms with van der Waals surface area (Å²) in [7, 11) is 0. The van der Waals surface area contributed by atoms with E-state index in [9.17, 15) is 4.79 Å². The van der Waals surface area contributed by atoms with Crippen molar-refractivity contribution >= 4 is 5.97 Å². The molecule has 1 fully saturated rings. The molecule has 2 heterocycles. The van der Waals surface area contributed by atoms with Crippen molar-refractivity contribution in [3.8, 4) is 0 Å². The van der Waals surface area contributed by atoms with Crippen molar-refractivity contribution in [3.05, 3.63) is 36.8 Å². The van der Waals surface area contributed by atoms with Gasteiger partial charge in [-0.3, -0.25) is 4.79 Å². The SMILES string of the molecule is CC.O=C1OCC2CCC=CC12.c1ccoc1. The van der Waals surface area contributed by atoms with Crippen molar-refractivity contribution in [1.82, 2.24) is 0 Å². The number of carbonyl (C=O) groups excluding carboxylic acids is 1. The monoisotopic (exact) mass is 236 g/mol. The standard InChI is InChI=1S/C8H10O2.C4H4O.C2H6/c9-8-7-4-2-1-3-6(7)5-10-8;1-2-4-5-3-1;1-2/h2,4,6-7H,1,3,5H2;1-4H;1-2H3. The highest BCUT2D eigenvalue weighted by atomic mass is 16.5. The lowest BCUT2D eigenvalue weighted by molar-refractivity contribution is -0.140. The summed E-state index contributed by atoms with van der Waals surface area (Å²) < 4.78 is 9.49. The number of ether oxygens (including phenoxy) is 1. The van der Waals surface area contributed by atoms with E-state index in [4.69, 9.17) is 4.74 Å². The number of cyclic esters (lactones) is 1. The largest absolute Gasteiger partial charge is 0.473 e. The first kappa shape index (κ1) is 13.6. The van der Waals surface area contributed by atoms with Crippen LogP contribution in [0.3, 0.4) is 0 Å². The summed E-state index contributed by atoms with van der Waals surface area (Å²) in [4.78, 5) is 10.9. The van der Waals surface area contributed by atoms with E-state index in [0.29, 0.717) is 12.5 Å². The first-order chi connectivity index (χ1) is 8.38. The van der Waals surface area contributed by atoms with Crippen molar-refractivity contribution in [3.63, 3.8) is 0 Å². The molecule has 1 aromatic rings. The molecule has 1 aliphatic heterocycles. The Morgan fingerprint density at radius 2 is 1.94 bits per heavy atom. The molecule has 0 bridgehead atoms. The Balaban J connectivity index is 0.000000175. The molecule has 3 heteroatoms. The summed E-state index contributed by atoms with van der Waals surface area (Å²) in [6.45, 7) is 4.65. The van der Waals surface area contributed by atoms with E-state index >= 15 is 0 Å². The van der Waals surface area contributed by atoms with E-state index < -0.39 is 0 Å². The highest BCUT2D eigenvalue weighted by Gasteiger charge is 2.35. The van der Waals surface area contributed by atoms with Crippen molar-refractivity contribution in [2.75, 3.05) is 6.61 Å². The highest BCUT2D eigenvalue weighted by Crippen LogP contribution is 2.30. The van der Waals surface area contributed by atoms with Crippen LogP contribution < -0.4 is 0 Å². The van der Waals surface area contributed by atoms with Gasteiger partial charge in [0.1, 0.15) is 0 Å². The zero-order valence-corrected chi connectivity index (χ0v) is 10.5. The van der Waals surface area contributed by atoms with Gasteiger partial charge in [-0.15, -0.1) is 0 Å². The second-order valence-corrected chi connectivity index (χ2v) is 3.71. The molecule has 0 aromatic carbocycles. The zero-order valence-electron chi connectivity index (χ0n) is 10.5. The summed E-state index contributed by atoms with van der Waals surface area (Å²) in [5, 5.41) is 0. The fourth-order valence-electron chi connectivity index (χ4n) is 1.86. The first-order valence-electron chi connectivity index (χ1n) is 6.18. The molecule has 0 amide bonds. The first-order valence-corrected chi connectivity index (χ1v) is 6.18. The molecule has 3 rings (SSSR count). The summed E-state index contributed by atoms with van der Waals surface area (Å²) in [6.07, 6.45) is 9.54. The molecule has 17 heavy (non-hydrogen) atoms. The molecule has 2 unspecified atom stereocenters. The van der Waals surface area contributed by atoms with Crippen LogP contribution in [0, 0.1) is 11.8 Å². The van der Waals surface area contributed by atoms with Crippen molar-refractivity contribution in [2.24, 2.45) is 11.8 Å². The Kier molecular flexibility index (Phi) is 6.15. The second kappa shape index (κ2) is 7.71. The number of rotatable bonds is 0. The summed E-state index contributed by atoms with van der Waals surface area (Å²) in [6, 6.07) is 3.67. The highest BCUT2D eigenvalue weighted by molar-refractivity contribution is 5.76. The molecule has 0 saturated carbocycles. The van der Waals surface area contributed by atoms with Crippen molar-refractivity contribution in [1.29, 1.82) is 0 Å². The maximum absolute atomic E-state index is 10.9. The smallest absolute Gasteiger partial charge is 0.313 e. The Labute approximate surface area is 102 Å². The molecule has 2 aliphatic rings. The Morgan fingerprint density at radius 1 is 1.24 bits per heavy atom. The molecule has 2 atom stereocenters. The Hall–Kier alpha value is -1.51. The molecular formula is C14H20O3. The minimum atomic E-state index is -0.0269. The molecule has 0 radical (unpaired) electrons. The predicted octanol–water partition coefficient (Wildman–Crippen LogP) is 3.43. The van der Waals surface area contributed by atoms with Gasteiger partial charge in [-0.1, -0.05) is 26.0 Å². The van der Waals surface area contributed by atoms with Gasteiger partial charge in [0.25, 0.3) is 0 Å². The molecule has 1 aliphatic carbocycles. The van der Waals surface area contributed by atoms with Gasteiger partial charge in [0.2, 0.25) is 0 Å². The average molecular weight is 236 g/mol. The topological polar surface area (TPSA) is 39.4 Å². The van der Waals surface area contributed by atoms with Crippen LogP contribution in [0.4, 0.5) is 0 Å². The quantitative estimate of drug-likeness (QED) is 0.511. The third-order valence-corrected chi connectivity index (χ3v) is 2.69. The van der Waals surface area contributed by atoms with E-state index in [2.05, 4.69) is 10.5 Å². The molecule has 1 aromatic heterocycles. The zero-order chi connectivity index (χ0) is 12.5. The van der Waals surface area contributed by atoms with Crippen LogP contribution in [0.5, 0.6) is 0 Å². The fourth-order valence-corrected chi connectivity index (χ4v) is 1.86. The van der Waals surface area contributed by atoms with Crippen molar-refractivity contribution < 1.29 is 13.9 Å². The van der Waals surface area contributed by atoms with Gasteiger partial charge in [-0.2, -0.15) is 0 Å². The summed E-state index contributed by atoms with van der Waals surface area (Å²) >= 11 is 0. The van der Waals surface area contributed by atoms with Crippen LogP contribution in [0.15, 0.2) is 41.2 Å². The summed E-state index contributed by atoms with van der Waals surface area (Å²) in [5.74, 6) is 0.548. The number of allylic oxidation sites excluding steroid dienone is 1. The Bertz CT molecular complexity index is 308. The summed E-state index contributed by atoms with van der Waals surface area (Å²) in [5.41, 5.74) is 0. The molecule has 0 spiro atoms. The minimum absolute atomic E-state index is 0.0269. The normalized spacial score (nSPS) is 24.7. The third-order valence-electron chi connectivity index (χ3n) is 2.69. The average Bonchev–Trinajstić information content (AvgIpc) is 3.06. The van der Waals surface area contributed by atoms with Gasteiger partial charge in [-0.25, -0.2) is 0 Å². The van der Waals surface area contributed by atoms with E-state index in [1.165, 1.54) is 0 Å². The lowest BCUT2D eigenvalue weighted by Crippen LogP contribution is -2.15. The molecule has 94 valence electrons. The van der Waals surface area contributed by atoms with Gasteiger partial charge in [0, 0.05) is 5.92 Å². The molecule has 1 saturated heterocycles. The van der Waals surface area contributed by atoms with Gasteiger partial charge in [0.15, 0.2) is 0 Å². The van der Waals surface area contributed by atoms with Crippen LogP contribution in [0.1, 0.15) is 26.7 Å². The number of carbonyl (C=O) groups is 1. The van der Waals surface area contributed by atoms with Crippen LogP contribution in [0.25, 0.3) is 0 Å². The van der Waals surface area contributed by atoms with Gasteiger partial charge in [-0.05, 0) is 25.0 Å². The van der Waals surface area contributed by atoms with Crippen molar-refractivity contribution in [2.45, 2.75) is 26.7 Å². The third kappa shape index (κ3) is 4.10. The maximum atomic E-state index is 10.9. The molecule has 0 N–H and O–H groups in total. The lowest BCUT2D eigenvalue weighted by atomic mass is 9.87. The molecule has 3 nitrogen and oxygen atoms in total. The number of fused-ring (bicyclic) bond motifs is 1. The number of hydrogen-bond donors (Lipinski definition) is 0. The van der Waals surface area contributed by atoms with Crippen LogP contribution >= 0.6 is 0 Å². The second-order valence-electron chi connectivity index (χ2n) is 3.71. The van der Waals surface area contributed by atoms with E-state index in [1.807, 2.05) is 32.1 Å². The maximum Gasteiger partial charge on any atom is 0.313 e. The Morgan fingerprint density at radius 3 is 2.47 bits per heavy atom. The number of hydrogen-bond acceptors (Lipinski definition) is 3. The van der Waals surface area contributed by atoms with Gasteiger partial charge in [0.05, 0.1) is 25.1 Å². The van der Waals surface area contributed by atoms with E-state index in [-0.39, 0.29) is 11.9 Å². The van der Waals surface area contributed by atoms with E-state index in [1.54, 1.807) is 12.5 Å². The van der Waals surface area contributed by atoms with Crippen LogP contribution in [-0.4, -0.2) is 12.6 Å². The predicted molar refractivity (Wildman–Crippen MR) is 66.4 cm³/mol.